The van der Waals surface area contributed by atoms with Crippen molar-refractivity contribution in [3.05, 3.63) is 36.0 Å². The molecule has 1 atom stereocenters. The molecule has 110 valence electrons. The molecule has 1 aromatic heterocycles. The average molecular weight is 289 g/mol. The quantitative estimate of drug-likeness (QED) is 0.852. The van der Waals surface area contributed by atoms with Crippen LogP contribution in [0.2, 0.25) is 0 Å². The van der Waals surface area contributed by atoms with Crippen molar-refractivity contribution >= 4 is 5.91 Å². The lowest BCUT2D eigenvalue weighted by Crippen LogP contribution is -2.37. The van der Waals surface area contributed by atoms with Crippen LogP contribution in [0.1, 0.15) is 31.6 Å². The van der Waals surface area contributed by atoms with Crippen molar-refractivity contribution in [1.82, 2.24) is 15.1 Å². The van der Waals surface area contributed by atoms with E-state index in [9.17, 15) is 9.18 Å². The molecule has 0 radical (unpaired) electrons. The molecule has 2 heterocycles. The highest BCUT2D eigenvalue weighted by atomic mass is 19.1. The van der Waals surface area contributed by atoms with Crippen molar-refractivity contribution in [2.45, 2.75) is 25.7 Å². The van der Waals surface area contributed by atoms with E-state index in [1.807, 2.05) is 0 Å². The Morgan fingerprint density at radius 1 is 1.33 bits per heavy atom. The van der Waals surface area contributed by atoms with Crippen molar-refractivity contribution in [2.75, 3.05) is 13.1 Å². The number of hydrogen-bond donors (Lipinski definition) is 0. The van der Waals surface area contributed by atoms with Crippen molar-refractivity contribution in [2.24, 2.45) is 0 Å². The predicted octanol–water partition coefficient (Wildman–Crippen LogP) is 2.60. The van der Waals surface area contributed by atoms with E-state index in [1.165, 1.54) is 12.1 Å². The van der Waals surface area contributed by atoms with Gasteiger partial charge in [0.25, 0.3) is 0 Å². The van der Waals surface area contributed by atoms with Gasteiger partial charge in [-0.1, -0.05) is 0 Å². The Labute approximate surface area is 121 Å². The Bertz CT molecular complexity index is 639. The maximum Gasteiger partial charge on any atom is 0.247 e. The van der Waals surface area contributed by atoms with Crippen LogP contribution in [0.3, 0.4) is 0 Å². The topological polar surface area (TPSA) is 59.2 Å². The van der Waals surface area contributed by atoms with Crippen molar-refractivity contribution in [3.63, 3.8) is 0 Å². The van der Waals surface area contributed by atoms with Gasteiger partial charge in [-0.25, -0.2) is 4.39 Å². The summed E-state index contributed by atoms with van der Waals surface area (Å²) >= 11 is 0. The molecule has 1 aromatic carbocycles. The number of nitrogens with zero attached hydrogens (tertiary/aromatic N) is 3. The number of halogens is 1. The molecule has 0 unspecified atom stereocenters. The third-order valence-corrected chi connectivity index (χ3v) is 3.75. The van der Waals surface area contributed by atoms with E-state index in [0.717, 1.165) is 19.4 Å². The Balaban J connectivity index is 1.78. The lowest BCUT2D eigenvalue weighted by Gasteiger charge is -2.30. The van der Waals surface area contributed by atoms with E-state index < -0.39 is 0 Å². The third kappa shape index (κ3) is 2.94. The molecule has 3 rings (SSSR count). The summed E-state index contributed by atoms with van der Waals surface area (Å²) in [6.45, 7) is 2.96. The lowest BCUT2D eigenvalue weighted by molar-refractivity contribution is -0.130. The maximum atomic E-state index is 12.9. The van der Waals surface area contributed by atoms with Gasteiger partial charge in [-0.05, 0) is 37.1 Å². The fourth-order valence-electron chi connectivity index (χ4n) is 2.57. The van der Waals surface area contributed by atoms with E-state index in [2.05, 4.69) is 10.2 Å². The number of likely N-dealkylation sites (tertiary alicyclic amines) is 1. The fraction of sp³-hybridized carbons (Fsp3) is 0.400. The van der Waals surface area contributed by atoms with Crippen molar-refractivity contribution in [3.8, 4) is 11.5 Å². The van der Waals surface area contributed by atoms with E-state index in [4.69, 9.17) is 4.42 Å². The number of carbonyl (C=O) groups is 1. The van der Waals surface area contributed by atoms with Gasteiger partial charge in [0.05, 0.1) is 5.92 Å². The molecule has 1 aliphatic heterocycles. The van der Waals surface area contributed by atoms with Crippen LogP contribution in [-0.4, -0.2) is 34.1 Å². The van der Waals surface area contributed by atoms with Gasteiger partial charge in [-0.2, -0.15) is 0 Å². The number of benzene rings is 1. The number of aromatic nitrogens is 2. The highest BCUT2D eigenvalue weighted by Gasteiger charge is 2.27. The first kappa shape index (κ1) is 13.7. The number of piperidine rings is 1. The normalized spacial score (nSPS) is 18.8. The van der Waals surface area contributed by atoms with Crippen LogP contribution in [0, 0.1) is 5.82 Å². The minimum absolute atomic E-state index is 0.0676. The smallest absolute Gasteiger partial charge is 0.247 e. The van der Waals surface area contributed by atoms with Gasteiger partial charge in [0.2, 0.25) is 17.7 Å². The van der Waals surface area contributed by atoms with E-state index in [-0.39, 0.29) is 17.6 Å². The monoisotopic (exact) mass is 289 g/mol. The SMILES string of the molecule is CC(=O)N1CCC[C@@H](c2nnc(-c3ccc(F)cc3)o2)C1. The van der Waals surface area contributed by atoms with Crippen LogP contribution < -0.4 is 0 Å². The summed E-state index contributed by atoms with van der Waals surface area (Å²) in [7, 11) is 0. The summed E-state index contributed by atoms with van der Waals surface area (Å²) in [5.74, 6) is 0.760. The van der Waals surface area contributed by atoms with Gasteiger partial charge in [0.1, 0.15) is 5.82 Å². The molecule has 0 bridgehead atoms. The molecule has 0 aliphatic carbocycles. The van der Waals surface area contributed by atoms with E-state index in [0.29, 0.717) is 23.9 Å². The number of hydrogen-bond acceptors (Lipinski definition) is 4. The molecule has 0 N–H and O–H groups in total. The van der Waals surface area contributed by atoms with Gasteiger partial charge in [-0.3, -0.25) is 4.79 Å². The van der Waals surface area contributed by atoms with Crippen LogP contribution in [0.25, 0.3) is 11.5 Å². The molecule has 1 amide bonds. The summed E-state index contributed by atoms with van der Waals surface area (Å²) in [6, 6.07) is 5.93. The fourth-order valence-corrected chi connectivity index (χ4v) is 2.57. The van der Waals surface area contributed by atoms with Gasteiger partial charge in [-0.15, -0.1) is 10.2 Å². The van der Waals surface area contributed by atoms with Gasteiger partial charge >= 0.3 is 0 Å². The molecule has 0 spiro atoms. The highest BCUT2D eigenvalue weighted by Crippen LogP contribution is 2.28. The van der Waals surface area contributed by atoms with E-state index >= 15 is 0 Å². The molecular formula is C15H16FN3O2. The Morgan fingerprint density at radius 3 is 2.81 bits per heavy atom. The lowest BCUT2D eigenvalue weighted by atomic mass is 9.98. The predicted molar refractivity (Wildman–Crippen MR) is 73.9 cm³/mol. The van der Waals surface area contributed by atoms with Crippen molar-refractivity contribution < 1.29 is 13.6 Å². The van der Waals surface area contributed by atoms with Crippen LogP contribution >= 0.6 is 0 Å². The van der Waals surface area contributed by atoms with E-state index in [1.54, 1.807) is 24.0 Å². The Morgan fingerprint density at radius 2 is 2.10 bits per heavy atom. The first-order chi connectivity index (χ1) is 10.1. The molecule has 6 heteroatoms. The van der Waals surface area contributed by atoms with Crippen LogP contribution in [0.15, 0.2) is 28.7 Å². The molecule has 21 heavy (non-hydrogen) atoms. The molecule has 1 aliphatic rings. The minimum Gasteiger partial charge on any atom is -0.420 e. The molecule has 1 fully saturated rings. The van der Waals surface area contributed by atoms with Crippen LogP contribution in [0.5, 0.6) is 0 Å². The van der Waals surface area contributed by atoms with Crippen LogP contribution in [0.4, 0.5) is 4.39 Å². The average Bonchev–Trinajstić information content (AvgIpc) is 2.98. The molecular weight excluding hydrogens is 273 g/mol. The summed E-state index contributed by atoms with van der Waals surface area (Å²) in [6.07, 6.45) is 1.85. The molecule has 0 saturated carbocycles. The largest absolute Gasteiger partial charge is 0.420 e. The Kier molecular flexibility index (Phi) is 3.68. The number of amides is 1. The maximum absolute atomic E-state index is 12.9. The number of carbonyl (C=O) groups excluding carboxylic acids is 1. The number of rotatable bonds is 2. The second-order valence-corrected chi connectivity index (χ2v) is 5.26. The summed E-state index contributed by atoms with van der Waals surface area (Å²) in [4.78, 5) is 13.3. The highest BCUT2D eigenvalue weighted by molar-refractivity contribution is 5.73. The van der Waals surface area contributed by atoms with Gasteiger partial charge in [0.15, 0.2) is 0 Å². The summed E-state index contributed by atoms with van der Waals surface area (Å²) in [5, 5.41) is 8.10. The molecule has 1 saturated heterocycles. The standard InChI is InChI=1S/C15H16FN3O2/c1-10(20)19-8-2-3-12(9-19)15-18-17-14(21-15)11-4-6-13(16)7-5-11/h4-7,12H,2-3,8-9H2,1H3/t12-/m1/s1. The second kappa shape index (κ2) is 5.63. The molecule has 2 aromatic rings. The zero-order valence-electron chi connectivity index (χ0n) is 11.8. The zero-order valence-corrected chi connectivity index (χ0v) is 11.8. The second-order valence-electron chi connectivity index (χ2n) is 5.26. The summed E-state index contributed by atoms with van der Waals surface area (Å²) in [5.41, 5.74) is 0.689. The van der Waals surface area contributed by atoms with Gasteiger partial charge in [0, 0.05) is 25.6 Å². The molecule has 5 nitrogen and oxygen atoms in total. The van der Waals surface area contributed by atoms with Crippen LogP contribution in [-0.2, 0) is 4.79 Å². The third-order valence-electron chi connectivity index (χ3n) is 3.75. The summed E-state index contributed by atoms with van der Waals surface area (Å²) < 4.78 is 18.6. The first-order valence-corrected chi connectivity index (χ1v) is 6.98. The first-order valence-electron chi connectivity index (χ1n) is 6.98. The Hall–Kier alpha value is -2.24. The van der Waals surface area contributed by atoms with Crippen molar-refractivity contribution in [1.29, 1.82) is 0 Å². The zero-order chi connectivity index (χ0) is 14.8. The minimum atomic E-state index is -0.303. The van der Waals surface area contributed by atoms with Gasteiger partial charge < -0.3 is 9.32 Å².